The second-order valence-electron chi connectivity index (χ2n) is 5.12. The fraction of sp³-hybridized carbons (Fsp3) is 0.600. The van der Waals surface area contributed by atoms with Crippen molar-refractivity contribution in [1.82, 2.24) is 5.32 Å². The largest absolute Gasteiger partial charge is 0.392 e. The van der Waals surface area contributed by atoms with E-state index in [9.17, 15) is 15.2 Å². The van der Waals surface area contributed by atoms with Gasteiger partial charge in [-0.2, -0.15) is 0 Å². The van der Waals surface area contributed by atoms with Crippen molar-refractivity contribution < 1.29 is 10.0 Å². The molecule has 1 aromatic carbocycles. The van der Waals surface area contributed by atoms with Gasteiger partial charge in [-0.25, -0.2) is 0 Å². The highest BCUT2D eigenvalue weighted by Gasteiger charge is 2.16. The van der Waals surface area contributed by atoms with E-state index in [1.54, 1.807) is 12.1 Å². The van der Waals surface area contributed by atoms with Gasteiger partial charge in [-0.05, 0) is 18.4 Å². The molecule has 1 aromatic rings. The molecule has 0 aliphatic rings. The van der Waals surface area contributed by atoms with Crippen LogP contribution < -0.4 is 5.32 Å². The van der Waals surface area contributed by atoms with Gasteiger partial charge in [0.05, 0.1) is 11.0 Å². The first-order chi connectivity index (χ1) is 9.49. The van der Waals surface area contributed by atoms with Gasteiger partial charge in [0.2, 0.25) is 0 Å². The van der Waals surface area contributed by atoms with Crippen molar-refractivity contribution in [3.8, 4) is 0 Å². The maximum Gasteiger partial charge on any atom is 0.269 e. The lowest BCUT2D eigenvalue weighted by molar-refractivity contribution is -0.384. The smallest absolute Gasteiger partial charge is 0.269 e. The molecule has 2 unspecified atom stereocenters. The molecule has 0 spiro atoms. The Morgan fingerprint density at radius 1 is 1.25 bits per heavy atom. The van der Waals surface area contributed by atoms with E-state index in [1.807, 2.05) is 6.92 Å². The Morgan fingerprint density at radius 2 is 1.80 bits per heavy atom. The number of aliphatic hydroxyl groups excluding tert-OH is 1. The van der Waals surface area contributed by atoms with E-state index in [0.717, 1.165) is 18.4 Å². The first kappa shape index (κ1) is 16.6. The minimum Gasteiger partial charge on any atom is -0.392 e. The van der Waals surface area contributed by atoms with E-state index in [4.69, 9.17) is 0 Å². The van der Waals surface area contributed by atoms with Gasteiger partial charge in [-0.3, -0.25) is 10.1 Å². The van der Waals surface area contributed by atoms with Gasteiger partial charge in [0, 0.05) is 24.7 Å². The van der Waals surface area contributed by atoms with Crippen LogP contribution in [0.25, 0.3) is 0 Å². The summed E-state index contributed by atoms with van der Waals surface area (Å²) in [5.74, 6) is 0.312. The average Bonchev–Trinajstić information content (AvgIpc) is 2.46. The lowest BCUT2D eigenvalue weighted by Crippen LogP contribution is -2.33. The number of benzene rings is 1. The highest BCUT2D eigenvalue weighted by atomic mass is 16.6. The van der Waals surface area contributed by atoms with Gasteiger partial charge in [0.1, 0.15) is 0 Å². The summed E-state index contributed by atoms with van der Waals surface area (Å²) in [7, 11) is 0. The van der Waals surface area contributed by atoms with Gasteiger partial charge in [-0.1, -0.05) is 38.8 Å². The Kier molecular flexibility index (Phi) is 6.61. The molecule has 2 N–H and O–H groups in total. The summed E-state index contributed by atoms with van der Waals surface area (Å²) in [5.41, 5.74) is 1.07. The molecule has 0 heterocycles. The number of non-ortho nitro benzene ring substituents is 1. The summed E-state index contributed by atoms with van der Waals surface area (Å²) < 4.78 is 0. The first-order valence-electron chi connectivity index (χ1n) is 7.15. The Hall–Kier alpha value is -1.46. The molecule has 0 radical (unpaired) electrons. The Balaban J connectivity index is 2.54. The molecule has 2 atom stereocenters. The van der Waals surface area contributed by atoms with Crippen LogP contribution in [0.3, 0.4) is 0 Å². The molecule has 0 fully saturated rings. The SMILES string of the molecule is CCC(CC)C(O)CNC(C)c1ccc([N+](=O)[O-])cc1. The van der Waals surface area contributed by atoms with E-state index in [0.29, 0.717) is 12.5 Å². The molecule has 0 bridgehead atoms. The number of nitrogens with one attached hydrogen (secondary N) is 1. The maximum absolute atomic E-state index is 10.6. The van der Waals surface area contributed by atoms with Crippen LogP contribution in [-0.2, 0) is 0 Å². The van der Waals surface area contributed by atoms with Crippen molar-refractivity contribution >= 4 is 5.69 Å². The van der Waals surface area contributed by atoms with Crippen LogP contribution in [-0.4, -0.2) is 22.7 Å². The van der Waals surface area contributed by atoms with Crippen molar-refractivity contribution in [3.05, 3.63) is 39.9 Å². The molecular weight excluding hydrogens is 256 g/mol. The summed E-state index contributed by atoms with van der Waals surface area (Å²) in [6.45, 7) is 6.68. The van der Waals surface area contributed by atoms with E-state index >= 15 is 0 Å². The summed E-state index contributed by atoms with van der Waals surface area (Å²) in [5, 5.41) is 23.9. The van der Waals surface area contributed by atoms with Crippen LogP contribution in [0.15, 0.2) is 24.3 Å². The summed E-state index contributed by atoms with van der Waals surface area (Å²) in [4.78, 5) is 10.2. The summed E-state index contributed by atoms with van der Waals surface area (Å²) in [6, 6.07) is 6.56. The molecule has 0 aliphatic carbocycles. The molecule has 0 aliphatic heterocycles. The molecule has 112 valence electrons. The van der Waals surface area contributed by atoms with Crippen LogP contribution in [0.1, 0.15) is 45.2 Å². The maximum atomic E-state index is 10.6. The van der Waals surface area contributed by atoms with E-state index in [-0.39, 0.29) is 17.8 Å². The Morgan fingerprint density at radius 3 is 2.25 bits per heavy atom. The summed E-state index contributed by atoms with van der Waals surface area (Å²) >= 11 is 0. The molecule has 0 saturated heterocycles. The zero-order chi connectivity index (χ0) is 15.1. The highest BCUT2D eigenvalue weighted by molar-refractivity contribution is 5.34. The van der Waals surface area contributed by atoms with Gasteiger partial charge in [0.25, 0.3) is 5.69 Å². The lowest BCUT2D eigenvalue weighted by Gasteiger charge is -2.23. The lowest BCUT2D eigenvalue weighted by atomic mass is 9.96. The predicted octanol–water partition coefficient (Wildman–Crippen LogP) is 3.04. The number of nitro benzene ring substituents is 1. The van der Waals surface area contributed by atoms with Crippen LogP contribution >= 0.6 is 0 Å². The topological polar surface area (TPSA) is 75.4 Å². The van der Waals surface area contributed by atoms with Crippen LogP contribution in [0, 0.1) is 16.0 Å². The standard InChI is InChI=1S/C15H24N2O3/c1-4-12(5-2)15(18)10-16-11(3)13-6-8-14(9-7-13)17(19)20/h6-9,11-12,15-16,18H,4-5,10H2,1-3H3. The second-order valence-corrected chi connectivity index (χ2v) is 5.12. The third kappa shape index (κ3) is 4.58. The van der Waals surface area contributed by atoms with Gasteiger partial charge >= 0.3 is 0 Å². The van der Waals surface area contributed by atoms with Gasteiger partial charge in [0.15, 0.2) is 0 Å². The van der Waals surface area contributed by atoms with Crippen molar-refractivity contribution in [2.24, 2.45) is 5.92 Å². The average molecular weight is 280 g/mol. The molecule has 0 saturated carbocycles. The molecule has 0 amide bonds. The quantitative estimate of drug-likeness (QED) is 0.567. The number of aliphatic hydroxyl groups is 1. The van der Waals surface area contributed by atoms with Crippen LogP contribution in [0.2, 0.25) is 0 Å². The van der Waals surface area contributed by atoms with Crippen LogP contribution in [0.5, 0.6) is 0 Å². The van der Waals surface area contributed by atoms with Crippen molar-refractivity contribution in [2.45, 2.75) is 45.8 Å². The third-order valence-electron chi connectivity index (χ3n) is 3.83. The summed E-state index contributed by atoms with van der Waals surface area (Å²) in [6.07, 6.45) is 1.57. The molecule has 1 rings (SSSR count). The molecule has 0 aromatic heterocycles. The minimum atomic E-state index is -0.404. The number of hydrogen-bond donors (Lipinski definition) is 2. The minimum absolute atomic E-state index is 0.0554. The molecular formula is C15H24N2O3. The normalized spacial score (nSPS) is 14.2. The second kappa shape index (κ2) is 7.97. The third-order valence-corrected chi connectivity index (χ3v) is 3.83. The molecule has 20 heavy (non-hydrogen) atoms. The van der Waals surface area contributed by atoms with Gasteiger partial charge < -0.3 is 10.4 Å². The van der Waals surface area contributed by atoms with E-state index in [1.165, 1.54) is 12.1 Å². The van der Waals surface area contributed by atoms with Crippen molar-refractivity contribution in [2.75, 3.05) is 6.54 Å². The fourth-order valence-corrected chi connectivity index (χ4v) is 2.30. The van der Waals surface area contributed by atoms with E-state index < -0.39 is 4.92 Å². The molecule has 5 nitrogen and oxygen atoms in total. The van der Waals surface area contributed by atoms with Crippen molar-refractivity contribution in [1.29, 1.82) is 0 Å². The fourth-order valence-electron chi connectivity index (χ4n) is 2.30. The number of nitrogens with zero attached hydrogens (tertiary/aromatic N) is 1. The number of nitro groups is 1. The Bertz CT molecular complexity index is 416. The predicted molar refractivity (Wildman–Crippen MR) is 79.6 cm³/mol. The first-order valence-corrected chi connectivity index (χ1v) is 7.15. The monoisotopic (exact) mass is 280 g/mol. The Labute approximate surface area is 120 Å². The van der Waals surface area contributed by atoms with Gasteiger partial charge in [-0.15, -0.1) is 0 Å². The van der Waals surface area contributed by atoms with Crippen molar-refractivity contribution in [3.63, 3.8) is 0 Å². The number of rotatable bonds is 8. The zero-order valence-corrected chi connectivity index (χ0v) is 12.4. The molecule has 5 heteroatoms. The highest BCUT2D eigenvalue weighted by Crippen LogP contribution is 2.18. The number of hydrogen-bond acceptors (Lipinski definition) is 4. The van der Waals surface area contributed by atoms with Crippen LogP contribution in [0.4, 0.5) is 5.69 Å². The van der Waals surface area contributed by atoms with E-state index in [2.05, 4.69) is 19.2 Å². The zero-order valence-electron chi connectivity index (χ0n) is 12.4.